The summed E-state index contributed by atoms with van der Waals surface area (Å²) in [5, 5.41) is 11.7. The van der Waals surface area contributed by atoms with Crippen LogP contribution in [0.1, 0.15) is 24.2 Å². The van der Waals surface area contributed by atoms with E-state index < -0.39 is 0 Å². The van der Waals surface area contributed by atoms with Gasteiger partial charge in [-0.3, -0.25) is 0 Å². The van der Waals surface area contributed by atoms with Crippen molar-refractivity contribution in [2.45, 2.75) is 13.0 Å². The molecule has 2 rings (SSSR count). The largest absolute Gasteiger partial charge is 0.497 e. The van der Waals surface area contributed by atoms with Gasteiger partial charge in [-0.1, -0.05) is 19.1 Å². The van der Waals surface area contributed by atoms with Crippen LogP contribution in [0.5, 0.6) is 11.6 Å². The summed E-state index contributed by atoms with van der Waals surface area (Å²) in [5.74, 6) is 1.33. The van der Waals surface area contributed by atoms with Gasteiger partial charge in [-0.05, 0) is 30.3 Å². The zero-order chi connectivity index (χ0) is 14.4. The molecule has 0 fully saturated rings. The molecular formula is C15H19N3O2. The summed E-state index contributed by atoms with van der Waals surface area (Å²) >= 11 is 0. The molecule has 0 aliphatic carbocycles. The number of nitrogens with one attached hydrogen (secondary N) is 1. The lowest BCUT2D eigenvalue weighted by atomic mass is 10.0. The third-order valence-corrected chi connectivity index (χ3v) is 3.00. The minimum atomic E-state index is -0.0199. The third kappa shape index (κ3) is 3.24. The zero-order valence-corrected chi connectivity index (χ0v) is 12.0. The second-order valence-electron chi connectivity index (χ2n) is 4.27. The van der Waals surface area contributed by atoms with Crippen molar-refractivity contribution in [3.63, 3.8) is 0 Å². The van der Waals surface area contributed by atoms with E-state index in [-0.39, 0.29) is 6.04 Å². The third-order valence-electron chi connectivity index (χ3n) is 3.00. The predicted octanol–water partition coefficient (Wildman–Crippen LogP) is 2.19. The van der Waals surface area contributed by atoms with Crippen LogP contribution in [0.3, 0.4) is 0 Å². The van der Waals surface area contributed by atoms with Gasteiger partial charge in [0, 0.05) is 6.07 Å². The monoisotopic (exact) mass is 273 g/mol. The first kappa shape index (κ1) is 14.3. The van der Waals surface area contributed by atoms with Gasteiger partial charge in [-0.2, -0.15) is 0 Å². The number of rotatable bonds is 6. The van der Waals surface area contributed by atoms with E-state index in [1.54, 1.807) is 14.2 Å². The topological polar surface area (TPSA) is 56.3 Å². The van der Waals surface area contributed by atoms with E-state index in [9.17, 15) is 0 Å². The van der Waals surface area contributed by atoms with E-state index in [0.29, 0.717) is 5.88 Å². The molecule has 20 heavy (non-hydrogen) atoms. The highest BCUT2D eigenvalue weighted by Crippen LogP contribution is 2.24. The summed E-state index contributed by atoms with van der Waals surface area (Å²) in [7, 11) is 3.24. The maximum absolute atomic E-state index is 5.27. The Balaban J connectivity index is 2.33. The van der Waals surface area contributed by atoms with Gasteiger partial charge < -0.3 is 14.8 Å². The number of hydrogen-bond donors (Lipinski definition) is 1. The lowest BCUT2D eigenvalue weighted by Gasteiger charge is -2.18. The van der Waals surface area contributed by atoms with Gasteiger partial charge in [-0.25, -0.2) is 0 Å². The Morgan fingerprint density at radius 1 is 1.10 bits per heavy atom. The predicted molar refractivity (Wildman–Crippen MR) is 77.1 cm³/mol. The summed E-state index contributed by atoms with van der Waals surface area (Å²) in [6.07, 6.45) is 0. The summed E-state index contributed by atoms with van der Waals surface area (Å²) in [6.45, 7) is 2.89. The molecule has 106 valence electrons. The molecule has 0 saturated heterocycles. The van der Waals surface area contributed by atoms with E-state index in [1.807, 2.05) is 36.4 Å². The van der Waals surface area contributed by atoms with Crippen LogP contribution in [-0.4, -0.2) is 31.0 Å². The van der Waals surface area contributed by atoms with E-state index >= 15 is 0 Å². The standard InChI is InChI=1S/C15H19N3O2/c1-4-16-15(11-6-5-7-12(10-11)19-2)13-8-9-14(20-3)18-17-13/h5-10,15-16H,4H2,1-3H3. The first-order valence-corrected chi connectivity index (χ1v) is 6.53. The van der Waals surface area contributed by atoms with Gasteiger partial charge in [0.05, 0.1) is 26.0 Å². The molecule has 0 aliphatic heterocycles. The van der Waals surface area contributed by atoms with Gasteiger partial charge in [0.15, 0.2) is 0 Å². The van der Waals surface area contributed by atoms with E-state index in [4.69, 9.17) is 9.47 Å². The molecular weight excluding hydrogens is 254 g/mol. The van der Waals surface area contributed by atoms with E-state index in [1.165, 1.54) is 0 Å². The molecule has 1 aromatic carbocycles. The Morgan fingerprint density at radius 3 is 2.55 bits per heavy atom. The molecule has 5 heteroatoms. The van der Waals surface area contributed by atoms with Crippen LogP contribution in [0.15, 0.2) is 36.4 Å². The molecule has 1 heterocycles. The highest BCUT2D eigenvalue weighted by molar-refractivity contribution is 5.34. The van der Waals surface area contributed by atoms with Gasteiger partial charge >= 0.3 is 0 Å². The zero-order valence-electron chi connectivity index (χ0n) is 12.0. The SMILES string of the molecule is CCNC(c1cccc(OC)c1)c1ccc(OC)nn1. The minimum Gasteiger partial charge on any atom is -0.497 e. The van der Waals surface area contributed by atoms with Crippen LogP contribution in [0.25, 0.3) is 0 Å². The normalized spacial score (nSPS) is 11.9. The molecule has 1 aromatic heterocycles. The number of benzene rings is 1. The van der Waals surface area contributed by atoms with Crippen molar-refractivity contribution in [1.82, 2.24) is 15.5 Å². The minimum absolute atomic E-state index is 0.0199. The van der Waals surface area contributed by atoms with E-state index in [2.05, 4.69) is 22.4 Å². The van der Waals surface area contributed by atoms with Crippen molar-refractivity contribution in [3.05, 3.63) is 47.7 Å². The molecule has 1 atom stereocenters. The summed E-state index contributed by atoms with van der Waals surface area (Å²) in [6, 6.07) is 11.6. The second-order valence-corrected chi connectivity index (χ2v) is 4.27. The number of aromatic nitrogens is 2. The fourth-order valence-corrected chi connectivity index (χ4v) is 2.01. The van der Waals surface area contributed by atoms with Gasteiger partial charge in [0.2, 0.25) is 5.88 Å². The molecule has 0 saturated carbocycles. The lowest BCUT2D eigenvalue weighted by Crippen LogP contribution is -2.23. The number of hydrogen-bond acceptors (Lipinski definition) is 5. The fraction of sp³-hybridized carbons (Fsp3) is 0.333. The number of methoxy groups -OCH3 is 2. The Bertz CT molecular complexity index is 543. The highest BCUT2D eigenvalue weighted by Gasteiger charge is 2.15. The van der Waals surface area contributed by atoms with E-state index in [0.717, 1.165) is 23.6 Å². The van der Waals surface area contributed by atoms with Crippen molar-refractivity contribution in [2.75, 3.05) is 20.8 Å². The van der Waals surface area contributed by atoms with Crippen molar-refractivity contribution < 1.29 is 9.47 Å². The highest BCUT2D eigenvalue weighted by atomic mass is 16.5. The van der Waals surface area contributed by atoms with Crippen LogP contribution in [0, 0.1) is 0 Å². The molecule has 2 aromatic rings. The fourth-order valence-electron chi connectivity index (χ4n) is 2.01. The molecule has 0 radical (unpaired) electrons. The lowest BCUT2D eigenvalue weighted by molar-refractivity contribution is 0.390. The molecule has 1 N–H and O–H groups in total. The van der Waals surface area contributed by atoms with Crippen molar-refractivity contribution in [3.8, 4) is 11.6 Å². The average molecular weight is 273 g/mol. The molecule has 0 aliphatic rings. The quantitative estimate of drug-likeness (QED) is 0.874. The molecule has 0 spiro atoms. The second kappa shape index (κ2) is 6.86. The van der Waals surface area contributed by atoms with Crippen molar-refractivity contribution >= 4 is 0 Å². The maximum atomic E-state index is 5.27. The first-order chi connectivity index (χ1) is 9.78. The Morgan fingerprint density at radius 2 is 1.95 bits per heavy atom. The number of nitrogens with zero attached hydrogens (tertiary/aromatic N) is 2. The smallest absolute Gasteiger partial charge is 0.233 e. The average Bonchev–Trinajstić information content (AvgIpc) is 2.53. The summed E-state index contributed by atoms with van der Waals surface area (Å²) in [4.78, 5) is 0. The van der Waals surface area contributed by atoms with Crippen molar-refractivity contribution in [1.29, 1.82) is 0 Å². The molecule has 0 bridgehead atoms. The van der Waals surface area contributed by atoms with Gasteiger partial charge in [0.1, 0.15) is 5.75 Å². The summed E-state index contributed by atoms with van der Waals surface area (Å²) in [5.41, 5.74) is 1.94. The van der Waals surface area contributed by atoms with Crippen LogP contribution in [-0.2, 0) is 0 Å². The molecule has 5 nitrogen and oxygen atoms in total. The number of ether oxygens (including phenoxy) is 2. The first-order valence-electron chi connectivity index (χ1n) is 6.53. The van der Waals surface area contributed by atoms with Gasteiger partial charge in [-0.15, -0.1) is 10.2 Å². The molecule has 1 unspecified atom stereocenters. The van der Waals surface area contributed by atoms with Crippen LogP contribution in [0.4, 0.5) is 0 Å². The Labute approximate surface area is 118 Å². The Hall–Kier alpha value is -2.14. The van der Waals surface area contributed by atoms with Crippen LogP contribution >= 0.6 is 0 Å². The van der Waals surface area contributed by atoms with Crippen LogP contribution in [0.2, 0.25) is 0 Å². The molecule has 0 amide bonds. The summed E-state index contributed by atoms with van der Waals surface area (Å²) < 4.78 is 10.3. The van der Waals surface area contributed by atoms with Crippen LogP contribution < -0.4 is 14.8 Å². The Kier molecular flexibility index (Phi) is 4.90. The van der Waals surface area contributed by atoms with Gasteiger partial charge in [0.25, 0.3) is 0 Å². The maximum Gasteiger partial charge on any atom is 0.233 e. The van der Waals surface area contributed by atoms with Crippen molar-refractivity contribution in [2.24, 2.45) is 0 Å².